The van der Waals surface area contributed by atoms with Crippen molar-refractivity contribution in [2.45, 2.75) is 12.7 Å². The van der Waals surface area contributed by atoms with E-state index < -0.39 is 10.8 Å². The van der Waals surface area contributed by atoms with Gasteiger partial charge in [0.05, 0.1) is 10.7 Å². The fraction of sp³-hybridized carbons (Fsp3) is 0.364. The maximum absolute atomic E-state index is 11.7. The van der Waals surface area contributed by atoms with E-state index in [-0.39, 0.29) is 11.7 Å². The van der Waals surface area contributed by atoms with Crippen LogP contribution in [0.25, 0.3) is 0 Å². The highest BCUT2D eigenvalue weighted by molar-refractivity contribution is 7.84. The van der Waals surface area contributed by atoms with Crippen LogP contribution in [-0.2, 0) is 21.3 Å². The van der Waals surface area contributed by atoms with E-state index in [0.717, 1.165) is 5.56 Å². The average molecular weight is 275 g/mol. The van der Waals surface area contributed by atoms with Gasteiger partial charge in [-0.1, -0.05) is 17.7 Å². The second-order valence-electron chi connectivity index (χ2n) is 3.54. The molecule has 0 fully saturated rings. The quantitative estimate of drug-likeness (QED) is 0.795. The number of halogens is 1. The lowest BCUT2D eigenvalue weighted by Gasteiger charge is -2.05. The number of carbonyl (C=O) groups is 1. The van der Waals surface area contributed by atoms with Crippen LogP contribution < -0.4 is 11.1 Å². The van der Waals surface area contributed by atoms with Crippen molar-refractivity contribution in [3.8, 4) is 0 Å². The number of carbonyl (C=O) groups excluding carboxylic acids is 1. The normalized spacial score (nSPS) is 12.1. The lowest BCUT2D eigenvalue weighted by molar-refractivity contribution is -0.118. The molecule has 0 saturated carbocycles. The summed E-state index contributed by atoms with van der Waals surface area (Å²) in [6.45, 7) is 2.37. The maximum atomic E-state index is 11.7. The predicted molar refractivity (Wildman–Crippen MR) is 71.3 cm³/mol. The third kappa shape index (κ3) is 4.75. The summed E-state index contributed by atoms with van der Waals surface area (Å²) in [6.07, 6.45) is 0. The van der Waals surface area contributed by atoms with Crippen LogP contribution in [0.2, 0.25) is 5.02 Å². The molecule has 1 aromatic carbocycles. The molecular formula is C11H15ClN2O2S. The minimum Gasteiger partial charge on any atom is -0.398 e. The second-order valence-corrected chi connectivity index (χ2v) is 5.40. The summed E-state index contributed by atoms with van der Waals surface area (Å²) < 4.78 is 11.7. The van der Waals surface area contributed by atoms with Gasteiger partial charge in [-0.3, -0.25) is 9.00 Å². The Balaban J connectivity index is 2.56. The second kappa shape index (κ2) is 6.61. The molecule has 17 heavy (non-hydrogen) atoms. The van der Waals surface area contributed by atoms with Crippen molar-refractivity contribution in [1.29, 1.82) is 0 Å². The Morgan fingerprint density at radius 1 is 1.53 bits per heavy atom. The van der Waals surface area contributed by atoms with Crippen LogP contribution in [0.1, 0.15) is 12.5 Å². The van der Waals surface area contributed by atoms with Gasteiger partial charge < -0.3 is 11.1 Å². The molecule has 0 saturated heterocycles. The summed E-state index contributed by atoms with van der Waals surface area (Å²) in [7, 11) is -1.23. The average Bonchev–Trinajstić information content (AvgIpc) is 2.23. The van der Waals surface area contributed by atoms with E-state index in [0.29, 0.717) is 23.0 Å². The zero-order valence-electron chi connectivity index (χ0n) is 9.53. The largest absolute Gasteiger partial charge is 0.398 e. The summed E-state index contributed by atoms with van der Waals surface area (Å²) in [5.74, 6) is 0.113. The van der Waals surface area contributed by atoms with Gasteiger partial charge in [0.15, 0.2) is 0 Å². The number of nitrogens with two attached hydrogens (primary N) is 1. The molecule has 0 radical (unpaired) electrons. The van der Waals surface area contributed by atoms with Crippen LogP contribution >= 0.6 is 11.6 Å². The molecule has 0 aromatic heterocycles. The van der Waals surface area contributed by atoms with Crippen molar-refractivity contribution < 1.29 is 9.00 Å². The summed E-state index contributed by atoms with van der Waals surface area (Å²) in [5, 5.41) is 3.08. The maximum Gasteiger partial charge on any atom is 0.232 e. The molecule has 3 N–H and O–H groups in total. The van der Waals surface area contributed by atoms with E-state index in [1.54, 1.807) is 18.2 Å². The van der Waals surface area contributed by atoms with Crippen LogP contribution in [0, 0.1) is 0 Å². The zero-order chi connectivity index (χ0) is 12.8. The summed E-state index contributed by atoms with van der Waals surface area (Å²) in [5.41, 5.74) is 6.91. The number of nitrogen functional groups attached to an aromatic ring is 1. The van der Waals surface area contributed by atoms with Crippen LogP contribution in [0.5, 0.6) is 0 Å². The first-order chi connectivity index (χ1) is 8.02. The number of hydrogen-bond donors (Lipinski definition) is 2. The SMILES string of the molecule is CCNC(=O)CS(=O)Cc1ccc(Cl)c(N)c1. The minimum absolute atomic E-state index is 0.0103. The molecule has 0 spiro atoms. The van der Waals surface area contributed by atoms with Gasteiger partial charge in [-0.25, -0.2) is 0 Å². The fourth-order valence-electron chi connectivity index (χ4n) is 1.31. The molecule has 0 aliphatic carbocycles. The highest BCUT2D eigenvalue weighted by atomic mass is 35.5. The van der Waals surface area contributed by atoms with Gasteiger partial charge in [-0.2, -0.15) is 0 Å². The van der Waals surface area contributed by atoms with Crippen molar-refractivity contribution in [3.05, 3.63) is 28.8 Å². The molecule has 0 heterocycles. The Morgan fingerprint density at radius 3 is 2.82 bits per heavy atom. The van der Waals surface area contributed by atoms with Crippen LogP contribution in [0.4, 0.5) is 5.69 Å². The number of anilines is 1. The molecule has 4 nitrogen and oxygen atoms in total. The van der Waals surface area contributed by atoms with Gasteiger partial charge in [0, 0.05) is 23.1 Å². The minimum atomic E-state index is -1.23. The molecule has 0 aliphatic rings. The highest BCUT2D eigenvalue weighted by Gasteiger charge is 2.08. The van der Waals surface area contributed by atoms with Crippen LogP contribution in [0.15, 0.2) is 18.2 Å². The molecular weight excluding hydrogens is 260 g/mol. The van der Waals surface area contributed by atoms with Crippen LogP contribution in [0.3, 0.4) is 0 Å². The first-order valence-electron chi connectivity index (χ1n) is 5.18. The molecule has 1 unspecified atom stereocenters. The highest BCUT2D eigenvalue weighted by Crippen LogP contribution is 2.20. The van der Waals surface area contributed by atoms with Crippen LogP contribution in [-0.4, -0.2) is 22.4 Å². The molecule has 1 aromatic rings. The number of benzene rings is 1. The third-order valence-electron chi connectivity index (χ3n) is 2.05. The number of hydrogen-bond acceptors (Lipinski definition) is 3. The van der Waals surface area contributed by atoms with Crippen molar-refractivity contribution >= 4 is 34.0 Å². The topological polar surface area (TPSA) is 72.2 Å². The van der Waals surface area contributed by atoms with E-state index in [4.69, 9.17) is 17.3 Å². The molecule has 1 amide bonds. The third-order valence-corrected chi connectivity index (χ3v) is 3.64. The Hall–Kier alpha value is -1.07. The van der Waals surface area contributed by atoms with E-state index in [2.05, 4.69) is 5.32 Å². The van der Waals surface area contributed by atoms with Gasteiger partial charge >= 0.3 is 0 Å². The molecule has 6 heteroatoms. The van der Waals surface area contributed by atoms with Gasteiger partial charge in [-0.15, -0.1) is 0 Å². The zero-order valence-corrected chi connectivity index (χ0v) is 11.1. The van der Waals surface area contributed by atoms with E-state index in [1.165, 1.54) is 0 Å². The van der Waals surface area contributed by atoms with Crippen molar-refractivity contribution in [3.63, 3.8) is 0 Å². The fourth-order valence-corrected chi connectivity index (χ4v) is 2.48. The standard InChI is InChI=1S/C11H15ClN2O2S/c1-2-14-11(15)7-17(16)6-8-3-4-9(12)10(13)5-8/h3-5H,2,6-7,13H2,1H3,(H,14,15). The Morgan fingerprint density at radius 2 is 2.24 bits per heavy atom. The number of rotatable bonds is 5. The number of amides is 1. The summed E-state index contributed by atoms with van der Waals surface area (Å²) in [6, 6.07) is 5.10. The molecule has 1 atom stereocenters. The molecule has 0 aliphatic heterocycles. The van der Waals surface area contributed by atoms with Crippen molar-refractivity contribution in [2.24, 2.45) is 0 Å². The predicted octanol–water partition coefficient (Wildman–Crippen LogP) is 1.31. The Bertz CT molecular complexity index is 437. The lowest BCUT2D eigenvalue weighted by Crippen LogP contribution is -2.28. The smallest absolute Gasteiger partial charge is 0.232 e. The lowest BCUT2D eigenvalue weighted by atomic mass is 10.2. The first-order valence-corrected chi connectivity index (χ1v) is 7.05. The molecule has 0 bridgehead atoms. The van der Waals surface area contributed by atoms with Crippen molar-refractivity contribution in [2.75, 3.05) is 18.0 Å². The van der Waals surface area contributed by atoms with Gasteiger partial charge in [0.2, 0.25) is 5.91 Å². The Kier molecular flexibility index (Phi) is 5.44. The monoisotopic (exact) mass is 274 g/mol. The van der Waals surface area contributed by atoms with E-state index >= 15 is 0 Å². The Labute approximate surface area is 108 Å². The van der Waals surface area contributed by atoms with Gasteiger partial charge in [-0.05, 0) is 24.6 Å². The van der Waals surface area contributed by atoms with E-state index in [9.17, 15) is 9.00 Å². The van der Waals surface area contributed by atoms with Crippen molar-refractivity contribution in [1.82, 2.24) is 5.32 Å². The summed E-state index contributed by atoms with van der Waals surface area (Å²) in [4.78, 5) is 11.2. The molecule has 1 rings (SSSR count). The first kappa shape index (κ1) is 14.0. The summed E-state index contributed by atoms with van der Waals surface area (Å²) >= 11 is 5.78. The van der Waals surface area contributed by atoms with E-state index in [1.807, 2.05) is 6.92 Å². The molecule has 94 valence electrons. The van der Waals surface area contributed by atoms with Gasteiger partial charge in [0.25, 0.3) is 0 Å². The van der Waals surface area contributed by atoms with Gasteiger partial charge in [0.1, 0.15) is 5.75 Å². The number of nitrogens with one attached hydrogen (secondary N) is 1.